The van der Waals surface area contributed by atoms with E-state index in [2.05, 4.69) is 15.0 Å². The molecule has 170 valence electrons. The molecule has 3 aromatic rings. The summed E-state index contributed by atoms with van der Waals surface area (Å²) >= 11 is 0. The molecule has 33 heavy (non-hydrogen) atoms. The number of benzene rings is 1. The summed E-state index contributed by atoms with van der Waals surface area (Å²) in [5.41, 5.74) is -0.871. The Kier molecular flexibility index (Phi) is 5.75. The van der Waals surface area contributed by atoms with Crippen LogP contribution in [0.15, 0.2) is 48.8 Å². The van der Waals surface area contributed by atoms with E-state index in [1.54, 1.807) is 0 Å². The van der Waals surface area contributed by atoms with Gasteiger partial charge in [-0.2, -0.15) is 8.78 Å². The molecule has 8 nitrogen and oxygen atoms in total. The van der Waals surface area contributed by atoms with Gasteiger partial charge in [-0.05, 0) is 24.3 Å². The second-order valence-corrected chi connectivity index (χ2v) is 7.41. The van der Waals surface area contributed by atoms with E-state index in [9.17, 15) is 32.5 Å². The van der Waals surface area contributed by atoms with Crippen molar-refractivity contribution < 1.29 is 27.3 Å². The monoisotopic (exact) mass is 461 g/mol. The molecule has 12 heteroatoms. The number of likely N-dealkylation sites (tertiary alicyclic amines) is 1. The van der Waals surface area contributed by atoms with E-state index in [1.807, 2.05) is 0 Å². The van der Waals surface area contributed by atoms with E-state index in [0.717, 1.165) is 23.1 Å². The second-order valence-electron chi connectivity index (χ2n) is 7.41. The minimum Gasteiger partial charge on any atom is -0.341 e. The number of amides is 1. The highest BCUT2D eigenvalue weighted by molar-refractivity contribution is 5.80. The van der Waals surface area contributed by atoms with Gasteiger partial charge in [-0.15, -0.1) is 0 Å². The lowest BCUT2D eigenvalue weighted by molar-refractivity contribution is -0.385. The van der Waals surface area contributed by atoms with Gasteiger partial charge in [0.15, 0.2) is 5.82 Å². The first-order valence-electron chi connectivity index (χ1n) is 9.69. The number of hydrogen-bond donors (Lipinski definition) is 0. The molecule has 1 aliphatic heterocycles. The van der Waals surface area contributed by atoms with Crippen LogP contribution in [0.5, 0.6) is 0 Å². The maximum absolute atomic E-state index is 14.5. The summed E-state index contributed by atoms with van der Waals surface area (Å²) < 4.78 is 56.3. The number of alkyl halides is 2. The van der Waals surface area contributed by atoms with Gasteiger partial charge in [0.2, 0.25) is 5.91 Å². The first-order valence-corrected chi connectivity index (χ1v) is 9.69. The summed E-state index contributed by atoms with van der Waals surface area (Å²) in [6, 6.07) is 6.42. The summed E-state index contributed by atoms with van der Waals surface area (Å²) in [4.78, 5) is 35.5. The summed E-state index contributed by atoms with van der Waals surface area (Å²) in [6.45, 7) is -0.575. The molecule has 0 saturated carbocycles. The standard InChI is InChI=1S/C21H15F4N5O3/c22-13-2-3-14(15(23)8-13)16-4-5-18(30(32)33)17(28-16)9-19(31)29-10-12(11-29)21(24,25)20-26-6-1-7-27-20/h1-8,12H,9-11H2. The Morgan fingerprint density at radius 2 is 1.85 bits per heavy atom. The Morgan fingerprint density at radius 3 is 2.48 bits per heavy atom. The molecule has 2 aromatic heterocycles. The van der Waals surface area contributed by atoms with Gasteiger partial charge in [0.25, 0.3) is 5.69 Å². The van der Waals surface area contributed by atoms with Crippen LogP contribution in [-0.2, 0) is 17.1 Å². The molecule has 0 aliphatic carbocycles. The number of nitrogens with zero attached hydrogens (tertiary/aromatic N) is 5. The van der Waals surface area contributed by atoms with Crippen molar-refractivity contribution in [3.05, 3.63) is 82.1 Å². The fourth-order valence-electron chi connectivity index (χ4n) is 3.46. The average Bonchev–Trinajstić information content (AvgIpc) is 2.73. The number of pyridine rings is 1. The molecular formula is C21H15F4N5O3. The molecule has 0 bridgehead atoms. The molecule has 4 rings (SSSR count). The topological polar surface area (TPSA) is 102 Å². The van der Waals surface area contributed by atoms with Crippen molar-refractivity contribution in [2.45, 2.75) is 12.3 Å². The van der Waals surface area contributed by atoms with Gasteiger partial charge in [-0.3, -0.25) is 14.9 Å². The van der Waals surface area contributed by atoms with Crippen molar-refractivity contribution in [2.75, 3.05) is 13.1 Å². The fourth-order valence-corrected chi connectivity index (χ4v) is 3.46. The minimum absolute atomic E-state index is 0.0323. The lowest BCUT2D eigenvalue weighted by Gasteiger charge is -2.42. The number of carbonyl (C=O) groups is 1. The molecule has 0 atom stereocenters. The number of aromatic nitrogens is 3. The summed E-state index contributed by atoms with van der Waals surface area (Å²) in [5, 5.41) is 11.4. The summed E-state index contributed by atoms with van der Waals surface area (Å²) in [6.07, 6.45) is 1.84. The Bertz CT molecular complexity index is 1220. The van der Waals surface area contributed by atoms with Crippen LogP contribution in [0.2, 0.25) is 0 Å². The first kappa shape index (κ1) is 22.2. The predicted molar refractivity (Wildman–Crippen MR) is 106 cm³/mol. The van der Waals surface area contributed by atoms with E-state index >= 15 is 0 Å². The van der Waals surface area contributed by atoms with Gasteiger partial charge >= 0.3 is 5.92 Å². The SMILES string of the molecule is O=C(Cc1nc(-c2ccc(F)cc2F)ccc1[N+](=O)[O-])N1CC(C(F)(F)c2ncccn2)C1. The van der Waals surface area contributed by atoms with Gasteiger partial charge < -0.3 is 4.90 Å². The van der Waals surface area contributed by atoms with Crippen molar-refractivity contribution in [2.24, 2.45) is 5.92 Å². The molecular weight excluding hydrogens is 446 g/mol. The van der Waals surface area contributed by atoms with E-state index in [1.165, 1.54) is 24.5 Å². The van der Waals surface area contributed by atoms with Crippen LogP contribution in [0.3, 0.4) is 0 Å². The molecule has 1 amide bonds. The largest absolute Gasteiger partial charge is 0.341 e. The van der Waals surface area contributed by atoms with Gasteiger partial charge in [0, 0.05) is 43.2 Å². The normalized spacial score (nSPS) is 14.1. The Morgan fingerprint density at radius 1 is 1.15 bits per heavy atom. The van der Waals surface area contributed by atoms with Crippen molar-refractivity contribution in [1.29, 1.82) is 0 Å². The van der Waals surface area contributed by atoms with Crippen LogP contribution in [-0.4, -0.2) is 43.8 Å². The third kappa shape index (κ3) is 4.36. The number of rotatable bonds is 6. The smallest absolute Gasteiger partial charge is 0.312 e. The van der Waals surface area contributed by atoms with Crippen LogP contribution in [0.1, 0.15) is 11.5 Å². The third-order valence-electron chi connectivity index (χ3n) is 5.28. The maximum Gasteiger partial charge on any atom is 0.312 e. The van der Waals surface area contributed by atoms with Crippen LogP contribution in [0, 0.1) is 27.7 Å². The lowest BCUT2D eigenvalue weighted by atomic mass is 9.91. The number of hydrogen-bond acceptors (Lipinski definition) is 6. The first-order chi connectivity index (χ1) is 15.7. The zero-order valence-corrected chi connectivity index (χ0v) is 16.8. The Labute approximate surface area is 184 Å². The molecule has 3 heterocycles. The van der Waals surface area contributed by atoms with Gasteiger partial charge in [0.05, 0.1) is 23.0 Å². The molecule has 0 N–H and O–H groups in total. The number of nitro groups is 1. The fraction of sp³-hybridized carbons (Fsp3) is 0.238. The highest BCUT2D eigenvalue weighted by atomic mass is 19.3. The zero-order chi connectivity index (χ0) is 23.8. The minimum atomic E-state index is -3.34. The quantitative estimate of drug-likeness (QED) is 0.316. The summed E-state index contributed by atoms with van der Waals surface area (Å²) in [7, 11) is 0. The highest BCUT2D eigenvalue weighted by Gasteiger charge is 2.51. The second kappa shape index (κ2) is 8.52. The zero-order valence-electron chi connectivity index (χ0n) is 16.8. The van der Waals surface area contributed by atoms with Gasteiger partial charge in [-0.25, -0.2) is 23.7 Å². The molecule has 0 radical (unpaired) electrons. The number of carbonyl (C=O) groups excluding carboxylic acids is 1. The molecule has 1 aliphatic rings. The average molecular weight is 461 g/mol. The lowest BCUT2D eigenvalue weighted by Crippen LogP contribution is -2.56. The highest BCUT2D eigenvalue weighted by Crippen LogP contribution is 2.39. The van der Waals surface area contributed by atoms with E-state index in [0.29, 0.717) is 6.07 Å². The van der Waals surface area contributed by atoms with Crippen LogP contribution < -0.4 is 0 Å². The summed E-state index contributed by atoms with van der Waals surface area (Å²) in [5.74, 6) is -7.58. The molecule has 0 spiro atoms. The number of halogens is 4. The Balaban J connectivity index is 1.51. The molecule has 1 saturated heterocycles. The maximum atomic E-state index is 14.5. The van der Waals surface area contributed by atoms with Gasteiger partial charge in [-0.1, -0.05) is 0 Å². The van der Waals surface area contributed by atoms with Crippen LogP contribution >= 0.6 is 0 Å². The van der Waals surface area contributed by atoms with Crippen LogP contribution in [0.25, 0.3) is 11.3 Å². The third-order valence-corrected chi connectivity index (χ3v) is 5.28. The molecule has 1 fully saturated rings. The van der Waals surface area contributed by atoms with E-state index in [-0.39, 0.29) is 30.0 Å². The van der Waals surface area contributed by atoms with Crippen molar-refractivity contribution >= 4 is 11.6 Å². The van der Waals surface area contributed by atoms with Crippen molar-refractivity contribution in [3.63, 3.8) is 0 Å². The van der Waals surface area contributed by atoms with Crippen molar-refractivity contribution in [3.8, 4) is 11.3 Å². The van der Waals surface area contributed by atoms with Crippen molar-refractivity contribution in [1.82, 2.24) is 19.9 Å². The molecule has 1 aromatic carbocycles. The van der Waals surface area contributed by atoms with E-state index in [4.69, 9.17) is 0 Å². The van der Waals surface area contributed by atoms with E-state index < -0.39 is 52.2 Å². The molecule has 0 unspecified atom stereocenters. The van der Waals surface area contributed by atoms with Gasteiger partial charge in [0.1, 0.15) is 17.3 Å². The van der Waals surface area contributed by atoms with Crippen LogP contribution in [0.4, 0.5) is 23.2 Å². The Hall–Kier alpha value is -3.96. The predicted octanol–water partition coefficient (Wildman–Crippen LogP) is 3.52.